The molecular weight excluding hydrogens is 488 g/mol. The summed E-state index contributed by atoms with van der Waals surface area (Å²) < 4.78 is 11.6. The van der Waals surface area contributed by atoms with Crippen LogP contribution in [0.4, 0.5) is 11.5 Å². The van der Waals surface area contributed by atoms with E-state index in [-0.39, 0.29) is 12.3 Å². The van der Waals surface area contributed by atoms with Crippen LogP contribution in [0, 0.1) is 12.3 Å². The second-order valence-corrected chi connectivity index (χ2v) is 9.75. The summed E-state index contributed by atoms with van der Waals surface area (Å²) in [4.78, 5) is 23.6. The van der Waals surface area contributed by atoms with Crippen LogP contribution >= 0.6 is 11.3 Å². The first-order valence-electron chi connectivity index (χ1n) is 11.8. The molecule has 0 atom stereocenters. The zero-order valence-electron chi connectivity index (χ0n) is 20.9. The molecular formula is C27H30N6O3S. The Kier molecular flexibility index (Phi) is 8.32. The number of aryl methyl sites for hydroxylation is 1. The third-order valence-corrected chi connectivity index (χ3v) is 6.86. The van der Waals surface area contributed by atoms with E-state index >= 15 is 0 Å². The summed E-state index contributed by atoms with van der Waals surface area (Å²) in [5.41, 5.74) is 14.9. The molecule has 192 valence electrons. The smallest absolute Gasteiger partial charge is 0.221 e. The van der Waals surface area contributed by atoms with Gasteiger partial charge in [-0.1, -0.05) is 24.3 Å². The highest BCUT2D eigenvalue weighted by atomic mass is 32.1. The van der Waals surface area contributed by atoms with Gasteiger partial charge in [-0.05, 0) is 36.8 Å². The van der Waals surface area contributed by atoms with Crippen LogP contribution in [0.3, 0.4) is 0 Å². The standard InChI is InChI=1S/C18H19N5OS.C9H11NO2/c1-11-9-15-16(25-11)18(23-5-7-24-8-6-23)22-17(21-15)12-3-2-4-14(20)13(12)10-19;1-12-8-4-2-3-7(5-8)6-9(10)11/h2-4,9-10,19H,5-8,20H2,1H3;2-5H,6H2,1H3,(H2,10,11). The van der Waals surface area contributed by atoms with Gasteiger partial charge in [0.1, 0.15) is 5.75 Å². The normalized spacial score (nSPS) is 13.1. The number of nitrogen functional groups attached to an aromatic ring is 1. The molecule has 9 nitrogen and oxygen atoms in total. The number of thiophene rings is 1. The van der Waals surface area contributed by atoms with Crippen LogP contribution in [-0.2, 0) is 16.0 Å². The maximum Gasteiger partial charge on any atom is 0.221 e. The molecule has 10 heteroatoms. The zero-order valence-corrected chi connectivity index (χ0v) is 21.7. The number of methoxy groups -OCH3 is 1. The van der Waals surface area contributed by atoms with E-state index in [1.54, 1.807) is 30.6 Å². The van der Waals surface area contributed by atoms with Crippen molar-refractivity contribution in [2.45, 2.75) is 13.3 Å². The Bertz CT molecular complexity index is 1410. The van der Waals surface area contributed by atoms with Crippen LogP contribution < -0.4 is 21.1 Å². The van der Waals surface area contributed by atoms with Crippen molar-refractivity contribution in [2.75, 3.05) is 44.0 Å². The van der Waals surface area contributed by atoms with E-state index in [0.717, 1.165) is 46.0 Å². The Hall–Kier alpha value is -4.02. The Morgan fingerprint density at radius 2 is 1.95 bits per heavy atom. The van der Waals surface area contributed by atoms with Gasteiger partial charge in [0, 0.05) is 41.0 Å². The summed E-state index contributed by atoms with van der Waals surface area (Å²) >= 11 is 1.71. The van der Waals surface area contributed by atoms with Crippen molar-refractivity contribution in [1.82, 2.24) is 9.97 Å². The number of benzene rings is 2. The molecule has 0 unspecified atom stereocenters. The maximum atomic E-state index is 10.5. The van der Waals surface area contributed by atoms with Crippen molar-refractivity contribution in [1.29, 1.82) is 5.41 Å². The Morgan fingerprint density at radius 1 is 1.19 bits per heavy atom. The van der Waals surface area contributed by atoms with Crippen LogP contribution in [0.25, 0.3) is 21.6 Å². The van der Waals surface area contributed by atoms with Gasteiger partial charge >= 0.3 is 0 Å². The number of ether oxygens (including phenoxy) is 2. The molecule has 1 aliphatic rings. The lowest BCUT2D eigenvalue weighted by Crippen LogP contribution is -2.36. The predicted molar refractivity (Wildman–Crippen MR) is 149 cm³/mol. The van der Waals surface area contributed by atoms with Crippen molar-refractivity contribution in [3.05, 3.63) is 64.5 Å². The fraction of sp³-hybridized carbons (Fsp3) is 0.259. The van der Waals surface area contributed by atoms with E-state index in [4.69, 9.17) is 36.3 Å². The van der Waals surface area contributed by atoms with Gasteiger partial charge in [0.05, 0.1) is 37.0 Å². The first-order chi connectivity index (χ1) is 17.9. The first kappa shape index (κ1) is 26.1. The van der Waals surface area contributed by atoms with Crippen LogP contribution in [0.15, 0.2) is 48.5 Å². The molecule has 0 saturated carbocycles. The number of nitrogens with two attached hydrogens (primary N) is 2. The minimum absolute atomic E-state index is 0.261. The van der Waals surface area contributed by atoms with Crippen molar-refractivity contribution in [3.63, 3.8) is 0 Å². The fourth-order valence-corrected chi connectivity index (χ4v) is 5.03. The summed E-state index contributed by atoms with van der Waals surface area (Å²) in [7, 11) is 1.59. The van der Waals surface area contributed by atoms with Crippen molar-refractivity contribution < 1.29 is 14.3 Å². The van der Waals surface area contributed by atoms with Crippen LogP contribution in [-0.4, -0.2) is 55.5 Å². The van der Waals surface area contributed by atoms with Gasteiger partial charge < -0.3 is 31.3 Å². The highest BCUT2D eigenvalue weighted by Crippen LogP contribution is 2.35. The lowest BCUT2D eigenvalue weighted by atomic mass is 10.1. The molecule has 3 heterocycles. The molecule has 0 aliphatic carbocycles. The van der Waals surface area contributed by atoms with Crippen LogP contribution in [0.5, 0.6) is 5.75 Å². The van der Waals surface area contributed by atoms with Gasteiger partial charge in [-0.25, -0.2) is 9.97 Å². The summed E-state index contributed by atoms with van der Waals surface area (Å²) in [5.74, 6) is 1.97. The van der Waals surface area contributed by atoms with E-state index in [9.17, 15) is 4.79 Å². The zero-order chi connectivity index (χ0) is 26.4. The van der Waals surface area contributed by atoms with E-state index in [2.05, 4.69) is 17.9 Å². The first-order valence-corrected chi connectivity index (χ1v) is 12.6. The lowest BCUT2D eigenvalue weighted by Gasteiger charge is -2.28. The fourth-order valence-electron chi connectivity index (χ4n) is 4.07. The molecule has 0 spiro atoms. The molecule has 0 radical (unpaired) electrons. The second-order valence-electron chi connectivity index (χ2n) is 8.49. The number of aromatic nitrogens is 2. The molecule has 0 bridgehead atoms. The number of fused-ring (bicyclic) bond motifs is 1. The molecule has 1 fully saturated rings. The van der Waals surface area contributed by atoms with Gasteiger partial charge in [0.2, 0.25) is 5.91 Å². The lowest BCUT2D eigenvalue weighted by molar-refractivity contribution is -0.117. The predicted octanol–water partition coefficient (Wildman–Crippen LogP) is 3.81. The Morgan fingerprint density at radius 3 is 2.65 bits per heavy atom. The quantitative estimate of drug-likeness (QED) is 0.260. The third-order valence-electron chi connectivity index (χ3n) is 5.83. The number of nitrogens with zero attached hydrogens (tertiary/aromatic N) is 3. The third kappa shape index (κ3) is 6.22. The van der Waals surface area contributed by atoms with E-state index in [1.165, 1.54) is 11.1 Å². The molecule has 5 rings (SSSR count). The average molecular weight is 519 g/mol. The Balaban J connectivity index is 0.000000225. The molecule has 5 N–H and O–H groups in total. The van der Waals surface area contributed by atoms with Crippen molar-refractivity contribution in [2.24, 2.45) is 5.73 Å². The van der Waals surface area contributed by atoms with Gasteiger partial charge in [-0.15, -0.1) is 11.3 Å². The largest absolute Gasteiger partial charge is 0.497 e. The highest BCUT2D eigenvalue weighted by molar-refractivity contribution is 7.19. The highest BCUT2D eigenvalue weighted by Gasteiger charge is 2.20. The molecule has 37 heavy (non-hydrogen) atoms. The molecule has 4 aromatic rings. The number of carbonyl (C=O) groups excluding carboxylic acids is 1. The van der Waals surface area contributed by atoms with E-state index in [1.807, 2.05) is 30.3 Å². The summed E-state index contributed by atoms with van der Waals surface area (Å²) in [5, 5.41) is 7.71. The van der Waals surface area contributed by atoms with Gasteiger partial charge in [-0.2, -0.15) is 0 Å². The number of hydrogen-bond donors (Lipinski definition) is 3. The number of nitrogens with one attached hydrogen (secondary N) is 1. The molecule has 2 aromatic carbocycles. The molecule has 1 amide bonds. The molecule has 1 aliphatic heterocycles. The van der Waals surface area contributed by atoms with Crippen LogP contribution in [0.2, 0.25) is 0 Å². The average Bonchev–Trinajstić information content (AvgIpc) is 3.28. The number of anilines is 2. The monoisotopic (exact) mass is 518 g/mol. The van der Waals surface area contributed by atoms with E-state index < -0.39 is 0 Å². The molecule has 1 saturated heterocycles. The van der Waals surface area contributed by atoms with E-state index in [0.29, 0.717) is 30.3 Å². The van der Waals surface area contributed by atoms with Gasteiger partial charge in [0.15, 0.2) is 11.6 Å². The molecule has 2 aromatic heterocycles. The van der Waals surface area contributed by atoms with Gasteiger partial charge in [-0.3, -0.25) is 4.79 Å². The number of morpholine rings is 1. The second kappa shape index (κ2) is 11.8. The Labute approximate surface area is 219 Å². The minimum atomic E-state index is -0.330. The minimum Gasteiger partial charge on any atom is -0.497 e. The SMILES string of the molecule is COc1cccc(CC(N)=O)c1.Cc1cc2nc(-c3cccc(N)c3C=N)nc(N3CCOCC3)c2s1. The summed E-state index contributed by atoms with van der Waals surface area (Å²) in [6, 6.07) is 15.0. The summed E-state index contributed by atoms with van der Waals surface area (Å²) in [6.45, 7) is 5.12. The number of carbonyl (C=O) groups is 1. The van der Waals surface area contributed by atoms with Gasteiger partial charge in [0.25, 0.3) is 0 Å². The number of hydrogen-bond acceptors (Lipinski definition) is 9. The number of amides is 1. The van der Waals surface area contributed by atoms with Crippen molar-refractivity contribution >= 4 is 45.2 Å². The number of primary amides is 1. The maximum absolute atomic E-state index is 10.5. The topological polar surface area (TPSA) is 140 Å². The summed E-state index contributed by atoms with van der Waals surface area (Å²) in [6.07, 6.45) is 1.53. The number of rotatable bonds is 6. The van der Waals surface area contributed by atoms with Crippen molar-refractivity contribution in [3.8, 4) is 17.1 Å². The van der Waals surface area contributed by atoms with Crippen LogP contribution in [0.1, 0.15) is 16.0 Å².